The Balaban J connectivity index is 1.70. The van der Waals surface area contributed by atoms with Crippen molar-refractivity contribution < 1.29 is 9.47 Å². The molecule has 0 radical (unpaired) electrons. The summed E-state index contributed by atoms with van der Waals surface area (Å²) in [5, 5.41) is 0. The van der Waals surface area contributed by atoms with Gasteiger partial charge >= 0.3 is 0 Å². The lowest BCUT2D eigenvalue weighted by atomic mass is 9.81. The zero-order valence-electron chi connectivity index (χ0n) is 11.0. The molecule has 0 unspecified atom stereocenters. The van der Waals surface area contributed by atoms with Gasteiger partial charge in [-0.15, -0.1) is 0 Å². The second-order valence-corrected chi connectivity index (χ2v) is 6.37. The van der Waals surface area contributed by atoms with Gasteiger partial charge in [-0.1, -0.05) is 18.2 Å². The van der Waals surface area contributed by atoms with Gasteiger partial charge in [0, 0.05) is 55.0 Å². The summed E-state index contributed by atoms with van der Waals surface area (Å²) in [6.45, 7) is 4.21. The Morgan fingerprint density at radius 2 is 1.47 bits per heavy atom. The molecule has 2 saturated heterocycles. The van der Waals surface area contributed by atoms with Gasteiger partial charge in [0.2, 0.25) is 0 Å². The van der Waals surface area contributed by atoms with Crippen LogP contribution in [-0.2, 0) is 9.47 Å². The standard InChI is InChI=1S/C16H19NO2/c1-2-12-14-13(3-1)16-11(5-7-19-16)9-17(14)8-10-4-6-18-15(10)12/h1-3,10-11,15-16H,4-9H2/t10-,11+,15-,16+. The Morgan fingerprint density at radius 1 is 0.895 bits per heavy atom. The molecule has 100 valence electrons. The lowest BCUT2D eigenvalue weighted by Gasteiger charge is -2.44. The van der Waals surface area contributed by atoms with Crippen LogP contribution in [0.5, 0.6) is 0 Å². The third-order valence-electron chi connectivity index (χ3n) is 5.37. The summed E-state index contributed by atoms with van der Waals surface area (Å²) in [6, 6.07) is 6.73. The molecule has 4 aliphatic heterocycles. The molecule has 0 aromatic heterocycles. The first kappa shape index (κ1) is 10.7. The van der Waals surface area contributed by atoms with Crippen LogP contribution in [0.2, 0.25) is 0 Å². The highest BCUT2D eigenvalue weighted by molar-refractivity contribution is 5.65. The van der Waals surface area contributed by atoms with Crippen LogP contribution >= 0.6 is 0 Å². The molecular weight excluding hydrogens is 238 g/mol. The third kappa shape index (κ3) is 1.35. The van der Waals surface area contributed by atoms with Gasteiger partial charge in [-0.05, 0) is 12.8 Å². The van der Waals surface area contributed by atoms with Gasteiger partial charge < -0.3 is 14.4 Å². The van der Waals surface area contributed by atoms with Gasteiger partial charge in [0.25, 0.3) is 0 Å². The number of para-hydroxylation sites is 1. The van der Waals surface area contributed by atoms with E-state index >= 15 is 0 Å². The lowest BCUT2D eigenvalue weighted by molar-refractivity contribution is 0.0754. The highest BCUT2D eigenvalue weighted by atomic mass is 16.5. The van der Waals surface area contributed by atoms with E-state index in [0.717, 1.165) is 13.2 Å². The Kier molecular flexibility index (Phi) is 2.10. The van der Waals surface area contributed by atoms with Crippen molar-refractivity contribution in [2.24, 2.45) is 11.8 Å². The van der Waals surface area contributed by atoms with Crippen molar-refractivity contribution in [1.29, 1.82) is 0 Å². The molecule has 5 rings (SSSR count). The van der Waals surface area contributed by atoms with Crippen molar-refractivity contribution in [1.82, 2.24) is 0 Å². The number of fused-ring (bicyclic) bond motifs is 4. The maximum Gasteiger partial charge on any atom is 0.0890 e. The van der Waals surface area contributed by atoms with E-state index in [1.54, 1.807) is 0 Å². The number of benzene rings is 1. The van der Waals surface area contributed by atoms with Crippen LogP contribution in [0.3, 0.4) is 0 Å². The fourth-order valence-electron chi connectivity index (χ4n) is 4.56. The lowest BCUT2D eigenvalue weighted by Crippen LogP contribution is -2.43. The van der Waals surface area contributed by atoms with Crippen molar-refractivity contribution >= 4 is 5.69 Å². The molecule has 19 heavy (non-hydrogen) atoms. The average molecular weight is 257 g/mol. The topological polar surface area (TPSA) is 21.7 Å². The first-order valence-corrected chi connectivity index (χ1v) is 7.53. The predicted molar refractivity (Wildman–Crippen MR) is 72.3 cm³/mol. The maximum absolute atomic E-state index is 6.00. The van der Waals surface area contributed by atoms with Crippen LogP contribution in [0, 0.1) is 11.8 Å². The monoisotopic (exact) mass is 257 g/mol. The highest BCUT2D eigenvalue weighted by Gasteiger charge is 2.45. The zero-order chi connectivity index (χ0) is 12.4. The summed E-state index contributed by atoms with van der Waals surface area (Å²) in [5.41, 5.74) is 4.27. The van der Waals surface area contributed by atoms with E-state index in [-0.39, 0.29) is 0 Å². The number of rotatable bonds is 0. The molecule has 0 saturated carbocycles. The smallest absolute Gasteiger partial charge is 0.0890 e. The minimum absolute atomic E-state index is 0.337. The van der Waals surface area contributed by atoms with Crippen LogP contribution in [-0.4, -0.2) is 26.3 Å². The number of anilines is 1. The van der Waals surface area contributed by atoms with Crippen molar-refractivity contribution in [3.05, 3.63) is 29.3 Å². The fourth-order valence-corrected chi connectivity index (χ4v) is 4.56. The van der Waals surface area contributed by atoms with E-state index in [4.69, 9.17) is 9.47 Å². The van der Waals surface area contributed by atoms with Crippen molar-refractivity contribution in [2.75, 3.05) is 31.2 Å². The molecule has 3 nitrogen and oxygen atoms in total. The van der Waals surface area contributed by atoms with Gasteiger partial charge in [-0.25, -0.2) is 0 Å². The second-order valence-electron chi connectivity index (χ2n) is 6.37. The Hall–Kier alpha value is -1.06. The quantitative estimate of drug-likeness (QED) is 0.713. The summed E-state index contributed by atoms with van der Waals surface area (Å²) >= 11 is 0. The highest BCUT2D eigenvalue weighted by Crippen LogP contribution is 2.52. The Morgan fingerprint density at radius 3 is 2.05 bits per heavy atom. The largest absolute Gasteiger partial charge is 0.373 e. The van der Waals surface area contributed by atoms with E-state index < -0.39 is 0 Å². The van der Waals surface area contributed by atoms with E-state index in [0.29, 0.717) is 24.0 Å². The molecular formula is C16H19NO2. The average Bonchev–Trinajstić information content (AvgIpc) is 3.07. The number of nitrogens with zero attached hydrogens (tertiary/aromatic N) is 1. The predicted octanol–water partition coefficient (Wildman–Crippen LogP) is 2.68. The van der Waals surface area contributed by atoms with Crippen LogP contribution in [0.25, 0.3) is 0 Å². The van der Waals surface area contributed by atoms with Crippen LogP contribution < -0.4 is 4.90 Å². The molecule has 1 aromatic carbocycles. The number of ether oxygens (including phenoxy) is 2. The van der Waals surface area contributed by atoms with Gasteiger partial charge in [0.05, 0.1) is 12.2 Å². The summed E-state index contributed by atoms with van der Waals surface area (Å²) in [5.74, 6) is 1.39. The maximum atomic E-state index is 6.00. The number of hydrogen-bond donors (Lipinski definition) is 0. The second kappa shape index (κ2) is 3.74. The normalized spacial score (nSPS) is 38.8. The Bertz CT molecular complexity index is 487. The summed E-state index contributed by atoms with van der Waals surface area (Å²) in [4.78, 5) is 2.62. The summed E-state index contributed by atoms with van der Waals surface area (Å²) in [6.07, 6.45) is 3.11. The molecule has 1 aromatic rings. The van der Waals surface area contributed by atoms with Gasteiger partial charge in [0.1, 0.15) is 0 Å². The fraction of sp³-hybridized carbons (Fsp3) is 0.625. The minimum Gasteiger partial charge on any atom is -0.373 e. The third-order valence-corrected chi connectivity index (χ3v) is 5.37. The molecule has 0 bridgehead atoms. The molecule has 0 aliphatic carbocycles. The van der Waals surface area contributed by atoms with Crippen LogP contribution in [0.1, 0.15) is 36.2 Å². The molecule has 0 spiro atoms. The van der Waals surface area contributed by atoms with E-state index in [2.05, 4.69) is 23.1 Å². The Labute approximate surface area is 113 Å². The van der Waals surface area contributed by atoms with Crippen molar-refractivity contribution in [2.45, 2.75) is 25.0 Å². The van der Waals surface area contributed by atoms with E-state index in [1.165, 1.54) is 42.7 Å². The molecule has 4 atom stereocenters. The van der Waals surface area contributed by atoms with E-state index in [1.807, 2.05) is 0 Å². The molecule has 2 fully saturated rings. The van der Waals surface area contributed by atoms with Gasteiger partial charge in [0.15, 0.2) is 0 Å². The van der Waals surface area contributed by atoms with Crippen LogP contribution in [0.4, 0.5) is 5.69 Å². The van der Waals surface area contributed by atoms with Gasteiger partial charge in [-0.3, -0.25) is 0 Å². The first-order valence-electron chi connectivity index (χ1n) is 7.53. The van der Waals surface area contributed by atoms with E-state index in [9.17, 15) is 0 Å². The summed E-state index contributed by atoms with van der Waals surface area (Å²) < 4.78 is 12.0. The van der Waals surface area contributed by atoms with Crippen molar-refractivity contribution in [3.63, 3.8) is 0 Å². The molecule has 4 heterocycles. The SMILES string of the molecule is c1cc2c3c(c1)[C@@H]1OCC[C@@H]1CN3C[C@@H]1CCO[C@H]21. The van der Waals surface area contributed by atoms with Crippen molar-refractivity contribution in [3.8, 4) is 0 Å². The number of hydrogen-bond acceptors (Lipinski definition) is 3. The van der Waals surface area contributed by atoms with Crippen LogP contribution in [0.15, 0.2) is 18.2 Å². The minimum atomic E-state index is 0.337. The molecule has 0 amide bonds. The van der Waals surface area contributed by atoms with Gasteiger partial charge in [-0.2, -0.15) is 0 Å². The molecule has 3 heteroatoms. The molecule has 0 N–H and O–H groups in total. The molecule has 4 aliphatic rings. The first-order chi connectivity index (χ1) is 9.42. The summed E-state index contributed by atoms with van der Waals surface area (Å²) in [7, 11) is 0. The zero-order valence-corrected chi connectivity index (χ0v) is 11.0.